The van der Waals surface area contributed by atoms with Gasteiger partial charge in [-0.05, 0) is 39.2 Å². The van der Waals surface area contributed by atoms with Crippen molar-refractivity contribution < 1.29 is 23.8 Å². The number of hydrogen-bond acceptors (Lipinski definition) is 6. The topological polar surface area (TPSA) is 98.0 Å². The fourth-order valence-corrected chi connectivity index (χ4v) is 3.12. The first-order valence-corrected chi connectivity index (χ1v) is 8.60. The highest BCUT2D eigenvalue weighted by Gasteiger charge is 2.30. The Morgan fingerprint density at radius 1 is 1.38 bits per heavy atom. The van der Waals surface area contributed by atoms with E-state index < -0.39 is 5.63 Å². The number of hydrogen-bond donors (Lipinski definition) is 2. The van der Waals surface area contributed by atoms with Crippen molar-refractivity contribution in [3.63, 3.8) is 0 Å². The maximum atomic E-state index is 11.9. The van der Waals surface area contributed by atoms with Gasteiger partial charge in [-0.2, -0.15) is 0 Å². The van der Waals surface area contributed by atoms with E-state index in [-0.39, 0.29) is 31.3 Å². The van der Waals surface area contributed by atoms with Crippen molar-refractivity contribution in [2.75, 3.05) is 19.8 Å². The van der Waals surface area contributed by atoms with E-state index in [0.29, 0.717) is 22.5 Å². The molecule has 3 rings (SSSR count). The van der Waals surface area contributed by atoms with Crippen LogP contribution in [-0.4, -0.2) is 36.4 Å². The Balaban J connectivity index is 2.04. The fraction of sp³-hybridized carbons (Fsp3) is 0.474. The molecule has 0 fully saturated rings. The normalized spacial score (nSPS) is 15.2. The summed E-state index contributed by atoms with van der Waals surface area (Å²) in [7, 11) is 0. The molecule has 0 unspecified atom stereocenters. The van der Waals surface area contributed by atoms with Gasteiger partial charge in [0.05, 0.1) is 12.0 Å². The molecule has 0 saturated heterocycles. The number of carbonyl (C=O) groups is 1. The maximum Gasteiger partial charge on any atom is 0.336 e. The largest absolute Gasteiger partial charge is 0.487 e. The Hall–Kier alpha value is -2.54. The average Bonchev–Trinajstić information content (AvgIpc) is 2.56. The summed E-state index contributed by atoms with van der Waals surface area (Å²) >= 11 is 0. The number of carbonyl (C=O) groups excluding carboxylic acids is 1. The van der Waals surface area contributed by atoms with Crippen LogP contribution in [0, 0.1) is 6.92 Å². The molecule has 7 heteroatoms. The molecule has 0 saturated carbocycles. The van der Waals surface area contributed by atoms with Gasteiger partial charge in [0.1, 0.15) is 22.7 Å². The molecule has 0 spiro atoms. The van der Waals surface area contributed by atoms with Crippen molar-refractivity contribution in [3.8, 4) is 11.5 Å². The highest BCUT2D eigenvalue weighted by atomic mass is 16.5. The fourth-order valence-electron chi connectivity index (χ4n) is 3.12. The van der Waals surface area contributed by atoms with Crippen LogP contribution in [0.2, 0.25) is 0 Å². The summed E-state index contributed by atoms with van der Waals surface area (Å²) < 4.78 is 17.2. The van der Waals surface area contributed by atoms with Crippen LogP contribution < -0.4 is 20.4 Å². The molecule has 7 nitrogen and oxygen atoms in total. The number of aliphatic hydroxyl groups is 1. The second kappa shape index (κ2) is 6.99. The molecule has 0 bridgehead atoms. The molecule has 0 radical (unpaired) electrons. The third-order valence-electron chi connectivity index (χ3n) is 4.39. The number of aliphatic hydroxyl groups excluding tert-OH is 1. The second-order valence-electron chi connectivity index (χ2n) is 7.03. The first kappa shape index (κ1) is 18.3. The third-order valence-corrected chi connectivity index (χ3v) is 4.39. The number of nitrogens with one attached hydrogen (secondary N) is 1. The molecule has 2 aromatic rings. The van der Waals surface area contributed by atoms with Crippen LogP contribution in [0.1, 0.15) is 31.4 Å². The van der Waals surface area contributed by atoms with E-state index >= 15 is 0 Å². The molecular formula is C19H23NO6. The van der Waals surface area contributed by atoms with Crippen LogP contribution in [-0.2, 0) is 11.2 Å². The highest BCUT2D eigenvalue weighted by Crippen LogP contribution is 2.42. The molecule has 1 aliphatic rings. The third kappa shape index (κ3) is 3.67. The number of fused-ring (bicyclic) bond motifs is 3. The van der Waals surface area contributed by atoms with E-state index in [4.69, 9.17) is 19.0 Å². The van der Waals surface area contributed by atoms with E-state index in [1.165, 1.54) is 6.07 Å². The summed E-state index contributed by atoms with van der Waals surface area (Å²) in [5.74, 6) is 0.686. The van der Waals surface area contributed by atoms with Gasteiger partial charge in [-0.15, -0.1) is 0 Å². The number of benzene rings is 1. The minimum absolute atomic E-state index is 0.138. The van der Waals surface area contributed by atoms with Crippen molar-refractivity contribution in [1.29, 1.82) is 0 Å². The van der Waals surface area contributed by atoms with E-state index in [2.05, 4.69) is 5.32 Å². The van der Waals surface area contributed by atoms with Gasteiger partial charge in [-0.1, -0.05) is 0 Å². The summed E-state index contributed by atoms with van der Waals surface area (Å²) in [4.78, 5) is 23.7. The lowest BCUT2D eigenvalue weighted by Gasteiger charge is -2.33. The van der Waals surface area contributed by atoms with Crippen LogP contribution >= 0.6 is 0 Å². The van der Waals surface area contributed by atoms with Crippen molar-refractivity contribution in [3.05, 3.63) is 33.7 Å². The van der Waals surface area contributed by atoms with Crippen LogP contribution in [0.4, 0.5) is 0 Å². The summed E-state index contributed by atoms with van der Waals surface area (Å²) in [6, 6.07) is 3.16. The molecular weight excluding hydrogens is 338 g/mol. The Morgan fingerprint density at radius 3 is 2.88 bits per heavy atom. The van der Waals surface area contributed by atoms with Crippen LogP contribution in [0.15, 0.2) is 21.3 Å². The Kier molecular flexibility index (Phi) is 4.91. The number of rotatable bonds is 5. The summed E-state index contributed by atoms with van der Waals surface area (Å²) in [5, 5.41) is 12.0. The van der Waals surface area contributed by atoms with Gasteiger partial charge in [-0.3, -0.25) is 4.79 Å². The summed E-state index contributed by atoms with van der Waals surface area (Å²) in [6.07, 6.45) is 1.53. The second-order valence-corrected chi connectivity index (χ2v) is 7.03. The van der Waals surface area contributed by atoms with Gasteiger partial charge in [0, 0.05) is 24.2 Å². The first-order chi connectivity index (χ1) is 12.3. The Bertz CT molecular complexity index is 899. The Labute approximate surface area is 150 Å². The van der Waals surface area contributed by atoms with Gasteiger partial charge in [0.2, 0.25) is 0 Å². The minimum Gasteiger partial charge on any atom is -0.487 e. The Morgan fingerprint density at radius 2 is 2.15 bits per heavy atom. The van der Waals surface area contributed by atoms with Crippen molar-refractivity contribution in [1.82, 2.24) is 5.32 Å². The average molecular weight is 361 g/mol. The van der Waals surface area contributed by atoms with Crippen LogP contribution in [0.25, 0.3) is 11.0 Å². The lowest BCUT2D eigenvalue weighted by molar-refractivity contribution is -0.123. The zero-order chi connectivity index (χ0) is 18.9. The molecule has 1 aromatic heterocycles. The van der Waals surface area contributed by atoms with Gasteiger partial charge in [-0.25, -0.2) is 4.79 Å². The zero-order valence-electron chi connectivity index (χ0n) is 15.2. The molecule has 0 aliphatic carbocycles. The van der Waals surface area contributed by atoms with Crippen LogP contribution in [0.5, 0.6) is 11.5 Å². The molecule has 2 N–H and O–H groups in total. The standard InChI is InChI=1S/C19H23NO6/c1-11-8-16(23)25-18-12-4-5-19(2,3)26-13(12)9-14(17(11)18)24-10-15(22)20-6-7-21/h8-9,21H,4-7,10H2,1-3H3,(H,20,22). The predicted octanol–water partition coefficient (Wildman–Crippen LogP) is 1.69. The smallest absolute Gasteiger partial charge is 0.336 e. The zero-order valence-corrected chi connectivity index (χ0v) is 15.2. The van der Waals surface area contributed by atoms with Crippen molar-refractivity contribution in [2.24, 2.45) is 0 Å². The number of ether oxygens (including phenoxy) is 2. The molecule has 140 valence electrons. The lowest BCUT2D eigenvalue weighted by Crippen LogP contribution is -2.33. The van der Waals surface area contributed by atoms with Crippen LogP contribution in [0.3, 0.4) is 0 Å². The minimum atomic E-state index is -0.431. The number of aryl methyl sites for hydroxylation is 2. The van der Waals surface area contributed by atoms with E-state index in [1.54, 1.807) is 13.0 Å². The highest BCUT2D eigenvalue weighted by molar-refractivity contribution is 5.91. The number of amides is 1. The van der Waals surface area contributed by atoms with Crippen molar-refractivity contribution in [2.45, 2.75) is 39.2 Å². The molecule has 26 heavy (non-hydrogen) atoms. The monoisotopic (exact) mass is 361 g/mol. The maximum absolute atomic E-state index is 11.9. The van der Waals surface area contributed by atoms with Gasteiger partial charge >= 0.3 is 5.63 Å². The van der Waals surface area contributed by atoms with E-state index in [1.807, 2.05) is 13.8 Å². The lowest BCUT2D eigenvalue weighted by atomic mass is 9.92. The molecule has 1 aliphatic heterocycles. The van der Waals surface area contributed by atoms with E-state index in [0.717, 1.165) is 24.0 Å². The predicted molar refractivity (Wildman–Crippen MR) is 95.8 cm³/mol. The molecule has 0 atom stereocenters. The van der Waals surface area contributed by atoms with Crippen molar-refractivity contribution >= 4 is 16.9 Å². The van der Waals surface area contributed by atoms with Gasteiger partial charge in [0.15, 0.2) is 6.61 Å². The van der Waals surface area contributed by atoms with Gasteiger partial charge < -0.3 is 24.3 Å². The van der Waals surface area contributed by atoms with Gasteiger partial charge in [0.25, 0.3) is 5.91 Å². The first-order valence-electron chi connectivity index (χ1n) is 8.60. The summed E-state index contributed by atoms with van der Waals surface area (Å²) in [6.45, 7) is 5.61. The van der Waals surface area contributed by atoms with E-state index in [9.17, 15) is 9.59 Å². The molecule has 2 heterocycles. The quantitative estimate of drug-likeness (QED) is 0.787. The molecule has 1 amide bonds. The SMILES string of the molecule is Cc1cc(=O)oc2c3c(cc(OCC(=O)NCCO)c12)OC(C)(C)CC3. The summed E-state index contributed by atoms with van der Waals surface area (Å²) in [5.41, 5.74) is 1.25. The molecule has 1 aromatic carbocycles.